The van der Waals surface area contributed by atoms with Crippen molar-refractivity contribution in [2.45, 2.75) is 10.6 Å². The van der Waals surface area contributed by atoms with Crippen LogP contribution in [-0.4, -0.2) is 4.98 Å². The number of nitrogens with two attached hydrogens (primary N) is 1. The third-order valence-electron chi connectivity index (χ3n) is 2.20. The fraction of sp³-hybridized carbons (Fsp3) is 0.0833. The van der Waals surface area contributed by atoms with Crippen molar-refractivity contribution >= 4 is 52.3 Å². The lowest BCUT2D eigenvalue weighted by atomic mass is 10.3. The Morgan fingerprint density at radius 3 is 2.56 bits per heavy atom. The van der Waals surface area contributed by atoms with E-state index in [1.165, 1.54) is 11.8 Å². The van der Waals surface area contributed by atoms with Gasteiger partial charge in [-0.3, -0.25) is 0 Å². The number of halogens is 3. The SMILES string of the molecule is Nc1ccc(SCc2nc(Cl)ccc2Cl)c(Cl)c1. The van der Waals surface area contributed by atoms with Crippen LogP contribution >= 0.6 is 46.6 Å². The van der Waals surface area contributed by atoms with Crippen LogP contribution in [0.1, 0.15) is 5.69 Å². The molecule has 0 fully saturated rings. The highest BCUT2D eigenvalue weighted by Crippen LogP contribution is 2.32. The van der Waals surface area contributed by atoms with Gasteiger partial charge < -0.3 is 5.73 Å². The second-order valence-corrected chi connectivity index (χ2v) is 5.76. The monoisotopic (exact) mass is 318 g/mol. The van der Waals surface area contributed by atoms with E-state index in [4.69, 9.17) is 40.5 Å². The molecule has 0 amide bonds. The zero-order valence-corrected chi connectivity index (χ0v) is 12.2. The average molecular weight is 320 g/mol. The number of benzene rings is 1. The van der Waals surface area contributed by atoms with E-state index < -0.39 is 0 Å². The van der Waals surface area contributed by atoms with Crippen LogP contribution < -0.4 is 5.73 Å². The van der Waals surface area contributed by atoms with E-state index in [2.05, 4.69) is 4.98 Å². The number of nitrogen functional groups attached to an aromatic ring is 1. The minimum Gasteiger partial charge on any atom is -0.399 e. The number of rotatable bonds is 3. The van der Waals surface area contributed by atoms with Gasteiger partial charge >= 0.3 is 0 Å². The van der Waals surface area contributed by atoms with Crippen molar-refractivity contribution in [3.05, 3.63) is 51.2 Å². The first-order valence-electron chi connectivity index (χ1n) is 5.05. The Kier molecular flexibility index (Phi) is 4.62. The van der Waals surface area contributed by atoms with Gasteiger partial charge in [-0.25, -0.2) is 4.98 Å². The molecule has 2 aromatic rings. The highest BCUT2D eigenvalue weighted by molar-refractivity contribution is 7.98. The van der Waals surface area contributed by atoms with Crippen LogP contribution in [-0.2, 0) is 5.75 Å². The Hall–Kier alpha value is -0.610. The summed E-state index contributed by atoms with van der Waals surface area (Å²) in [6.07, 6.45) is 0. The summed E-state index contributed by atoms with van der Waals surface area (Å²) in [4.78, 5) is 5.11. The third-order valence-corrected chi connectivity index (χ3v) is 4.27. The molecule has 1 aromatic carbocycles. The molecule has 0 bridgehead atoms. The van der Waals surface area contributed by atoms with Crippen LogP contribution in [0.5, 0.6) is 0 Å². The lowest BCUT2D eigenvalue weighted by Crippen LogP contribution is -1.90. The van der Waals surface area contributed by atoms with E-state index in [9.17, 15) is 0 Å². The predicted octanol–water partition coefficient (Wildman–Crippen LogP) is 4.92. The van der Waals surface area contributed by atoms with E-state index in [0.717, 1.165) is 10.6 Å². The van der Waals surface area contributed by atoms with Crippen molar-refractivity contribution in [2.24, 2.45) is 0 Å². The normalized spacial score (nSPS) is 10.6. The van der Waals surface area contributed by atoms with Gasteiger partial charge in [-0.05, 0) is 30.3 Å². The smallest absolute Gasteiger partial charge is 0.129 e. The van der Waals surface area contributed by atoms with E-state index in [1.807, 2.05) is 6.07 Å². The molecule has 0 spiro atoms. The van der Waals surface area contributed by atoms with Gasteiger partial charge in [0.25, 0.3) is 0 Å². The summed E-state index contributed by atoms with van der Waals surface area (Å²) in [5, 5.41) is 1.65. The largest absolute Gasteiger partial charge is 0.399 e. The lowest BCUT2D eigenvalue weighted by molar-refractivity contribution is 1.17. The van der Waals surface area contributed by atoms with Gasteiger partial charge in [-0.15, -0.1) is 11.8 Å². The Labute approximate surface area is 124 Å². The van der Waals surface area contributed by atoms with Crippen LogP contribution in [0.4, 0.5) is 5.69 Å². The number of hydrogen-bond donors (Lipinski definition) is 1. The molecule has 0 aliphatic heterocycles. The molecule has 0 aliphatic rings. The molecule has 0 saturated carbocycles. The van der Waals surface area contributed by atoms with Gasteiger partial charge in [0.1, 0.15) is 5.15 Å². The Bertz CT molecular complexity index is 575. The summed E-state index contributed by atoms with van der Waals surface area (Å²) < 4.78 is 0. The first-order valence-corrected chi connectivity index (χ1v) is 7.17. The second-order valence-electron chi connectivity index (χ2n) is 3.54. The van der Waals surface area contributed by atoms with Crippen molar-refractivity contribution < 1.29 is 0 Å². The maximum absolute atomic E-state index is 6.09. The number of anilines is 1. The van der Waals surface area contributed by atoms with Crippen LogP contribution in [0, 0.1) is 0 Å². The van der Waals surface area contributed by atoms with Gasteiger partial charge in [0.2, 0.25) is 0 Å². The molecule has 94 valence electrons. The summed E-state index contributed by atoms with van der Waals surface area (Å²) >= 11 is 19.5. The number of hydrogen-bond acceptors (Lipinski definition) is 3. The molecule has 18 heavy (non-hydrogen) atoms. The van der Waals surface area contributed by atoms with Crippen molar-refractivity contribution in [1.29, 1.82) is 0 Å². The molecule has 2 nitrogen and oxygen atoms in total. The third kappa shape index (κ3) is 3.45. The first kappa shape index (κ1) is 13.8. The summed E-state index contributed by atoms with van der Waals surface area (Å²) in [5.74, 6) is 0.600. The van der Waals surface area contributed by atoms with Crippen LogP contribution in [0.25, 0.3) is 0 Å². The summed E-state index contributed by atoms with van der Waals surface area (Å²) in [6.45, 7) is 0. The Morgan fingerprint density at radius 2 is 1.83 bits per heavy atom. The summed E-state index contributed by atoms with van der Waals surface area (Å²) in [5.41, 5.74) is 7.01. The van der Waals surface area contributed by atoms with Gasteiger partial charge in [-0.1, -0.05) is 34.8 Å². The van der Waals surface area contributed by atoms with Crippen LogP contribution in [0.2, 0.25) is 15.2 Å². The second kappa shape index (κ2) is 6.02. The zero-order chi connectivity index (χ0) is 13.1. The molecule has 1 heterocycles. The quantitative estimate of drug-likeness (QED) is 0.496. The molecule has 1 aromatic heterocycles. The number of aromatic nitrogens is 1. The molecule has 2 rings (SSSR count). The highest BCUT2D eigenvalue weighted by atomic mass is 35.5. The van der Waals surface area contributed by atoms with Gasteiger partial charge in [-0.2, -0.15) is 0 Å². The first-order chi connectivity index (χ1) is 8.56. The predicted molar refractivity (Wildman–Crippen MR) is 79.7 cm³/mol. The van der Waals surface area contributed by atoms with Crippen molar-refractivity contribution in [3.63, 3.8) is 0 Å². The average Bonchev–Trinajstić information content (AvgIpc) is 2.32. The molecule has 2 N–H and O–H groups in total. The zero-order valence-electron chi connectivity index (χ0n) is 9.16. The molecule has 0 aliphatic carbocycles. The van der Waals surface area contributed by atoms with E-state index in [-0.39, 0.29) is 0 Å². The lowest BCUT2D eigenvalue weighted by Gasteiger charge is -2.06. The maximum Gasteiger partial charge on any atom is 0.129 e. The molecule has 0 saturated heterocycles. The number of thioether (sulfide) groups is 1. The number of nitrogens with zero attached hydrogens (tertiary/aromatic N) is 1. The Morgan fingerprint density at radius 1 is 1.06 bits per heavy atom. The fourth-order valence-electron chi connectivity index (χ4n) is 1.34. The summed E-state index contributed by atoms with van der Waals surface area (Å²) in [7, 11) is 0. The van der Waals surface area contributed by atoms with Gasteiger partial charge in [0.05, 0.1) is 15.7 Å². The van der Waals surface area contributed by atoms with E-state index in [0.29, 0.717) is 26.6 Å². The Balaban J connectivity index is 2.13. The molecular weight excluding hydrogens is 311 g/mol. The van der Waals surface area contributed by atoms with Gasteiger partial charge in [0, 0.05) is 16.3 Å². The minimum atomic E-state index is 0.429. The van der Waals surface area contributed by atoms with Crippen LogP contribution in [0.3, 0.4) is 0 Å². The van der Waals surface area contributed by atoms with E-state index >= 15 is 0 Å². The standard InChI is InChI=1S/C12H9Cl3N2S/c13-8-2-4-12(15)17-10(8)6-18-11-3-1-7(16)5-9(11)14/h1-5H,6,16H2. The molecule has 6 heteroatoms. The van der Waals surface area contributed by atoms with Crippen molar-refractivity contribution in [2.75, 3.05) is 5.73 Å². The minimum absolute atomic E-state index is 0.429. The maximum atomic E-state index is 6.09. The summed E-state index contributed by atoms with van der Waals surface area (Å²) in [6, 6.07) is 8.80. The van der Waals surface area contributed by atoms with Crippen molar-refractivity contribution in [1.82, 2.24) is 4.98 Å². The molecule has 0 atom stereocenters. The number of pyridine rings is 1. The van der Waals surface area contributed by atoms with E-state index in [1.54, 1.807) is 24.3 Å². The van der Waals surface area contributed by atoms with Crippen LogP contribution in [0.15, 0.2) is 35.2 Å². The van der Waals surface area contributed by atoms with Gasteiger partial charge in [0.15, 0.2) is 0 Å². The molecule has 0 unspecified atom stereocenters. The molecular formula is C12H9Cl3N2S. The fourth-order valence-corrected chi connectivity index (χ4v) is 2.98. The molecule has 0 radical (unpaired) electrons. The van der Waals surface area contributed by atoms with Crippen molar-refractivity contribution in [3.8, 4) is 0 Å². The highest BCUT2D eigenvalue weighted by Gasteiger charge is 2.06. The topological polar surface area (TPSA) is 38.9 Å².